The van der Waals surface area contributed by atoms with Gasteiger partial charge < -0.3 is 15.8 Å². The molecule has 0 aliphatic heterocycles. The van der Waals surface area contributed by atoms with Crippen molar-refractivity contribution in [1.29, 1.82) is 0 Å². The Hall–Kier alpha value is -0.120. The quantitative estimate of drug-likeness (QED) is 0.563. The van der Waals surface area contributed by atoms with Crippen LogP contribution in [0.4, 0.5) is 0 Å². The van der Waals surface area contributed by atoms with Crippen molar-refractivity contribution < 1.29 is 4.74 Å². The van der Waals surface area contributed by atoms with Gasteiger partial charge in [0.15, 0.2) is 0 Å². The average molecular weight is 212 g/mol. The van der Waals surface area contributed by atoms with Crippen LogP contribution in [0.25, 0.3) is 0 Å². The molecule has 2 aliphatic rings. The summed E-state index contributed by atoms with van der Waals surface area (Å²) in [5, 5.41) is 3.48. The van der Waals surface area contributed by atoms with E-state index < -0.39 is 0 Å². The van der Waals surface area contributed by atoms with Crippen molar-refractivity contribution in [3.05, 3.63) is 0 Å². The first kappa shape index (κ1) is 11.4. The molecule has 2 rings (SSSR count). The third kappa shape index (κ3) is 4.09. The van der Waals surface area contributed by atoms with Gasteiger partial charge in [0.2, 0.25) is 0 Å². The molecule has 0 heterocycles. The zero-order valence-corrected chi connectivity index (χ0v) is 9.63. The normalized spacial score (nSPS) is 23.0. The molecule has 0 saturated heterocycles. The molecule has 3 N–H and O–H groups in total. The number of rotatable bonds is 9. The lowest BCUT2D eigenvalue weighted by molar-refractivity contribution is 0.122. The summed E-state index contributed by atoms with van der Waals surface area (Å²) in [5.74, 6) is 0.893. The van der Waals surface area contributed by atoms with Gasteiger partial charge in [0.05, 0.1) is 0 Å². The smallest absolute Gasteiger partial charge is 0.0494 e. The molecule has 0 aromatic carbocycles. The van der Waals surface area contributed by atoms with Crippen LogP contribution in [-0.4, -0.2) is 32.8 Å². The molecule has 0 radical (unpaired) electrons. The highest BCUT2D eigenvalue weighted by molar-refractivity contribution is 4.95. The predicted molar refractivity (Wildman–Crippen MR) is 61.8 cm³/mol. The lowest BCUT2D eigenvalue weighted by atomic mass is 10.1. The minimum Gasteiger partial charge on any atom is -0.381 e. The van der Waals surface area contributed by atoms with E-state index in [-0.39, 0.29) is 0 Å². The van der Waals surface area contributed by atoms with Gasteiger partial charge in [0, 0.05) is 19.8 Å². The molecule has 0 atom stereocenters. The summed E-state index contributed by atoms with van der Waals surface area (Å²) >= 11 is 0. The molecule has 0 aromatic rings. The highest BCUT2D eigenvalue weighted by Crippen LogP contribution is 2.43. The van der Waals surface area contributed by atoms with Gasteiger partial charge in [-0.1, -0.05) is 0 Å². The first-order chi connectivity index (χ1) is 7.35. The van der Waals surface area contributed by atoms with E-state index in [2.05, 4.69) is 5.32 Å². The molecule has 0 unspecified atom stereocenters. The highest BCUT2D eigenvalue weighted by Gasteiger charge is 2.40. The second-order valence-corrected chi connectivity index (χ2v) is 5.25. The van der Waals surface area contributed by atoms with Gasteiger partial charge in [0.25, 0.3) is 0 Å². The summed E-state index contributed by atoms with van der Waals surface area (Å²) in [4.78, 5) is 0. The van der Waals surface area contributed by atoms with Crippen molar-refractivity contribution in [3.63, 3.8) is 0 Å². The molecule has 88 valence electrons. The Labute approximate surface area is 92.7 Å². The van der Waals surface area contributed by atoms with Gasteiger partial charge in [-0.05, 0) is 56.5 Å². The van der Waals surface area contributed by atoms with Crippen molar-refractivity contribution in [2.24, 2.45) is 17.1 Å². The molecule has 3 heteroatoms. The highest BCUT2D eigenvalue weighted by atomic mass is 16.5. The Bertz CT molecular complexity index is 188. The van der Waals surface area contributed by atoms with Gasteiger partial charge in [-0.15, -0.1) is 0 Å². The van der Waals surface area contributed by atoms with Gasteiger partial charge in [-0.2, -0.15) is 0 Å². The minimum atomic E-state index is 0.467. The summed E-state index contributed by atoms with van der Waals surface area (Å²) in [7, 11) is 0. The van der Waals surface area contributed by atoms with Crippen LogP contribution in [-0.2, 0) is 4.74 Å². The third-order valence-electron chi connectivity index (χ3n) is 3.58. The molecular weight excluding hydrogens is 188 g/mol. The zero-order valence-electron chi connectivity index (χ0n) is 9.63. The maximum absolute atomic E-state index is 5.71. The van der Waals surface area contributed by atoms with Crippen LogP contribution >= 0.6 is 0 Å². The van der Waals surface area contributed by atoms with Crippen molar-refractivity contribution in [3.8, 4) is 0 Å². The van der Waals surface area contributed by atoms with Crippen LogP contribution in [0, 0.1) is 11.3 Å². The Morgan fingerprint density at radius 2 is 2.13 bits per heavy atom. The SMILES string of the molecule is NCC1(CNCCCOCC2CC2)CC1. The van der Waals surface area contributed by atoms with E-state index in [1.807, 2.05) is 0 Å². The number of nitrogens with one attached hydrogen (secondary N) is 1. The monoisotopic (exact) mass is 212 g/mol. The molecule has 0 spiro atoms. The second kappa shape index (κ2) is 5.28. The molecule has 2 saturated carbocycles. The summed E-state index contributed by atoms with van der Waals surface area (Å²) in [6, 6.07) is 0. The Morgan fingerprint density at radius 1 is 1.33 bits per heavy atom. The fourth-order valence-electron chi connectivity index (χ4n) is 1.82. The first-order valence-electron chi connectivity index (χ1n) is 6.33. The largest absolute Gasteiger partial charge is 0.381 e. The van der Waals surface area contributed by atoms with E-state index in [4.69, 9.17) is 10.5 Å². The first-order valence-corrected chi connectivity index (χ1v) is 6.33. The third-order valence-corrected chi connectivity index (χ3v) is 3.58. The summed E-state index contributed by atoms with van der Waals surface area (Å²) in [6.45, 7) is 4.93. The predicted octanol–water partition coefficient (Wildman–Crippen LogP) is 1.13. The topological polar surface area (TPSA) is 47.3 Å². The lowest BCUT2D eigenvalue weighted by Crippen LogP contribution is -2.30. The summed E-state index contributed by atoms with van der Waals surface area (Å²) < 4.78 is 5.57. The molecule has 0 aromatic heterocycles. The van der Waals surface area contributed by atoms with Gasteiger partial charge in [-0.3, -0.25) is 0 Å². The second-order valence-electron chi connectivity index (χ2n) is 5.25. The van der Waals surface area contributed by atoms with Crippen LogP contribution in [0.3, 0.4) is 0 Å². The van der Waals surface area contributed by atoms with Crippen LogP contribution in [0.1, 0.15) is 32.1 Å². The standard InChI is InChI=1S/C12H24N2O/c13-9-12(4-5-12)10-14-6-1-7-15-8-11-2-3-11/h11,14H,1-10,13H2. The summed E-state index contributed by atoms with van der Waals surface area (Å²) in [6.07, 6.45) is 6.53. The van der Waals surface area contributed by atoms with Crippen molar-refractivity contribution in [2.45, 2.75) is 32.1 Å². The average Bonchev–Trinajstić information content (AvgIpc) is 3.13. The lowest BCUT2D eigenvalue weighted by Gasteiger charge is -2.13. The molecule has 3 nitrogen and oxygen atoms in total. The molecular formula is C12H24N2O. The number of ether oxygens (including phenoxy) is 1. The Kier molecular flexibility index (Phi) is 4.00. The zero-order chi connectivity index (χ0) is 10.6. The Balaban J connectivity index is 1.35. The van der Waals surface area contributed by atoms with Crippen LogP contribution in [0.5, 0.6) is 0 Å². The van der Waals surface area contributed by atoms with E-state index in [0.717, 1.165) is 45.2 Å². The number of hydrogen-bond donors (Lipinski definition) is 2. The van der Waals surface area contributed by atoms with Gasteiger partial charge in [0.1, 0.15) is 0 Å². The molecule has 2 fully saturated rings. The van der Waals surface area contributed by atoms with Crippen LogP contribution in [0.2, 0.25) is 0 Å². The van der Waals surface area contributed by atoms with Crippen molar-refractivity contribution in [2.75, 3.05) is 32.8 Å². The maximum Gasteiger partial charge on any atom is 0.0494 e. The molecule has 2 aliphatic carbocycles. The van der Waals surface area contributed by atoms with E-state index in [1.165, 1.54) is 25.7 Å². The van der Waals surface area contributed by atoms with Gasteiger partial charge >= 0.3 is 0 Å². The number of hydrogen-bond acceptors (Lipinski definition) is 3. The minimum absolute atomic E-state index is 0.467. The fourth-order valence-corrected chi connectivity index (χ4v) is 1.82. The van der Waals surface area contributed by atoms with E-state index in [9.17, 15) is 0 Å². The van der Waals surface area contributed by atoms with E-state index >= 15 is 0 Å². The molecule has 15 heavy (non-hydrogen) atoms. The fraction of sp³-hybridized carbons (Fsp3) is 1.00. The van der Waals surface area contributed by atoms with Crippen LogP contribution in [0.15, 0.2) is 0 Å². The number of nitrogens with two attached hydrogens (primary N) is 1. The summed E-state index contributed by atoms with van der Waals surface area (Å²) in [5.41, 5.74) is 6.17. The molecule has 0 bridgehead atoms. The van der Waals surface area contributed by atoms with Gasteiger partial charge in [-0.25, -0.2) is 0 Å². The maximum atomic E-state index is 5.71. The van der Waals surface area contributed by atoms with E-state index in [0.29, 0.717) is 5.41 Å². The van der Waals surface area contributed by atoms with E-state index in [1.54, 1.807) is 0 Å². The Morgan fingerprint density at radius 3 is 2.73 bits per heavy atom. The van der Waals surface area contributed by atoms with Crippen molar-refractivity contribution >= 4 is 0 Å². The van der Waals surface area contributed by atoms with Crippen LogP contribution < -0.4 is 11.1 Å². The van der Waals surface area contributed by atoms with Crippen molar-refractivity contribution in [1.82, 2.24) is 5.32 Å². The molecule has 0 amide bonds.